The number of aryl methyl sites for hydroxylation is 1. The van der Waals surface area contributed by atoms with E-state index in [-0.39, 0.29) is 5.56 Å². The van der Waals surface area contributed by atoms with Crippen LogP contribution in [-0.4, -0.2) is 21.0 Å². The second-order valence-electron chi connectivity index (χ2n) is 7.17. The van der Waals surface area contributed by atoms with E-state index >= 15 is 0 Å². The maximum Gasteiger partial charge on any atom is 0.261 e. The van der Waals surface area contributed by atoms with Gasteiger partial charge in [0.25, 0.3) is 5.56 Å². The van der Waals surface area contributed by atoms with E-state index in [1.54, 1.807) is 31.5 Å². The van der Waals surface area contributed by atoms with Crippen LogP contribution in [0.4, 0.5) is 0 Å². The molecule has 1 aliphatic rings. The third-order valence-electron chi connectivity index (χ3n) is 4.51. The van der Waals surface area contributed by atoms with Gasteiger partial charge in [0.2, 0.25) is 0 Å². The molecule has 0 saturated heterocycles. The summed E-state index contributed by atoms with van der Waals surface area (Å²) in [6.07, 6.45) is 8.03. The standard InChI is InChI=1S/C20H23NO4/c1-19(2,25-23)11-7-12-20(3)13-10-15-17(24-20)14-8-5-6-9-16(14)21(4)18(15)22/h5-11,13,23H,12H2,1-4H3. The Bertz CT molecular complexity index is 923. The first-order valence-corrected chi connectivity index (χ1v) is 8.27. The molecule has 0 bridgehead atoms. The van der Waals surface area contributed by atoms with Crippen molar-refractivity contribution in [3.63, 3.8) is 0 Å². The molecule has 1 aromatic heterocycles. The maximum atomic E-state index is 12.6. The van der Waals surface area contributed by atoms with Crippen molar-refractivity contribution in [1.82, 2.24) is 4.57 Å². The summed E-state index contributed by atoms with van der Waals surface area (Å²) in [7, 11) is 1.77. The summed E-state index contributed by atoms with van der Waals surface area (Å²) in [5.41, 5.74) is 0.00714. The molecule has 1 aromatic carbocycles. The van der Waals surface area contributed by atoms with Gasteiger partial charge in [-0.3, -0.25) is 10.1 Å². The normalized spacial score (nSPS) is 20.0. The fraction of sp³-hybridized carbons (Fsp3) is 0.350. The Kier molecular flexibility index (Phi) is 4.31. The molecule has 0 aliphatic carbocycles. The number of benzene rings is 1. The molecule has 0 fully saturated rings. The van der Waals surface area contributed by atoms with Crippen LogP contribution in [0.5, 0.6) is 5.75 Å². The minimum atomic E-state index is -0.755. The lowest BCUT2D eigenvalue weighted by molar-refractivity contribution is -0.297. The van der Waals surface area contributed by atoms with E-state index in [4.69, 9.17) is 9.99 Å². The molecule has 1 unspecified atom stereocenters. The van der Waals surface area contributed by atoms with Gasteiger partial charge in [0.15, 0.2) is 0 Å². The van der Waals surface area contributed by atoms with Crippen LogP contribution in [0.2, 0.25) is 0 Å². The monoisotopic (exact) mass is 341 g/mol. The SMILES string of the molecule is Cn1c(=O)c2c(c3ccccc31)OC(C)(CC=CC(C)(C)OO)C=C2. The number of nitrogens with zero attached hydrogens (tertiary/aromatic N) is 1. The Morgan fingerprint density at radius 2 is 2.08 bits per heavy atom. The first-order chi connectivity index (χ1) is 11.8. The highest BCUT2D eigenvalue weighted by molar-refractivity contribution is 5.89. The summed E-state index contributed by atoms with van der Waals surface area (Å²) >= 11 is 0. The third kappa shape index (κ3) is 3.25. The second-order valence-corrected chi connectivity index (χ2v) is 7.17. The number of hydrogen-bond donors (Lipinski definition) is 1. The molecule has 1 aliphatic heterocycles. The predicted molar refractivity (Wildman–Crippen MR) is 98.8 cm³/mol. The zero-order valence-electron chi connectivity index (χ0n) is 14.9. The number of hydrogen-bond acceptors (Lipinski definition) is 4. The Morgan fingerprint density at radius 3 is 2.80 bits per heavy atom. The number of aromatic nitrogens is 1. The zero-order valence-corrected chi connectivity index (χ0v) is 14.9. The predicted octanol–water partition coefficient (Wildman–Crippen LogP) is 3.92. The van der Waals surface area contributed by atoms with Gasteiger partial charge >= 0.3 is 0 Å². The number of para-hydroxylation sites is 1. The first-order valence-electron chi connectivity index (χ1n) is 8.27. The maximum absolute atomic E-state index is 12.6. The van der Waals surface area contributed by atoms with Crippen molar-refractivity contribution >= 4 is 17.0 Å². The Balaban J connectivity index is 2.00. The molecule has 1 N–H and O–H groups in total. The molecule has 2 heterocycles. The number of pyridine rings is 1. The highest BCUT2D eigenvalue weighted by Crippen LogP contribution is 2.36. The van der Waals surface area contributed by atoms with E-state index in [0.717, 1.165) is 10.9 Å². The molecular formula is C20H23NO4. The summed E-state index contributed by atoms with van der Waals surface area (Å²) in [5.74, 6) is 0.620. The van der Waals surface area contributed by atoms with Crippen molar-refractivity contribution in [2.24, 2.45) is 7.05 Å². The van der Waals surface area contributed by atoms with Crippen LogP contribution in [0.25, 0.3) is 17.0 Å². The number of fused-ring (bicyclic) bond motifs is 3. The fourth-order valence-electron chi connectivity index (χ4n) is 2.99. The van der Waals surface area contributed by atoms with Crippen LogP contribution in [0.1, 0.15) is 32.8 Å². The topological polar surface area (TPSA) is 60.7 Å². The second kappa shape index (κ2) is 6.17. The zero-order chi connectivity index (χ0) is 18.2. The van der Waals surface area contributed by atoms with Gasteiger partial charge in [-0.1, -0.05) is 24.3 Å². The van der Waals surface area contributed by atoms with Gasteiger partial charge in [0, 0.05) is 18.9 Å². The van der Waals surface area contributed by atoms with Crippen LogP contribution in [-0.2, 0) is 11.9 Å². The lowest BCUT2D eigenvalue weighted by Gasteiger charge is -2.32. The quantitative estimate of drug-likeness (QED) is 0.520. The van der Waals surface area contributed by atoms with Crippen molar-refractivity contribution in [3.8, 4) is 5.75 Å². The van der Waals surface area contributed by atoms with E-state index in [1.807, 2.05) is 49.4 Å². The summed E-state index contributed by atoms with van der Waals surface area (Å²) in [4.78, 5) is 17.0. The molecule has 0 radical (unpaired) electrons. The van der Waals surface area contributed by atoms with Crippen LogP contribution in [0.3, 0.4) is 0 Å². The van der Waals surface area contributed by atoms with Crippen molar-refractivity contribution < 1.29 is 14.9 Å². The molecular weight excluding hydrogens is 318 g/mol. The molecule has 2 aromatic rings. The highest BCUT2D eigenvalue weighted by Gasteiger charge is 2.29. The van der Waals surface area contributed by atoms with Gasteiger partial charge in [0.1, 0.15) is 17.0 Å². The number of rotatable bonds is 4. The Labute approximate surface area is 146 Å². The molecule has 3 rings (SSSR count). The fourth-order valence-corrected chi connectivity index (χ4v) is 2.99. The summed E-state index contributed by atoms with van der Waals surface area (Å²) in [6.45, 7) is 5.49. The van der Waals surface area contributed by atoms with E-state index in [1.165, 1.54) is 0 Å². The van der Waals surface area contributed by atoms with Crippen LogP contribution < -0.4 is 10.3 Å². The minimum Gasteiger partial charge on any atom is -0.482 e. The smallest absolute Gasteiger partial charge is 0.261 e. The minimum absolute atomic E-state index is 0.0719. The summed E-state index contributed by atoms with van der Waals surface area (Å²) in [6, 6.07) is 7.72. The van der Waals surface area contributed by atoms with Gasteiger partial charge in [-0.2, -0.15) is 0 Å². The van der Waals surface area contributed by atoms with Gasteiger partial charge < -0.3 is 9.30 Å². The van der Waals surface area contributed by atoms with E-state index in [0.29, 0.717) is 17.7 Å². The average Bonchev–Trinajstić information content (AvgIpc) is 2.59. The summed E-state index contributed by atoms with van der Waals surface area (Å²) < 4.78 is 7.91. The Morgan fingerprint density at radius 1 is 1.36 bits per heavy atom. The van der Waals surface area contributed by atoms with Crippen LogP contribution in [0.15, 0.2) is 47.3 Å². The lowest BCUT2D eigenvalue weighted by atomic mass is 9.95. The van der Waals surface area contributed by atoms with Crippen LogP contribution in [0, 0.1) is 0 Å². The molecule has 25 heavy (non-hydrogen) atoms. The molecule has 5 nitrogen and oxygen atoms in total. The largest absolute Gasteiger partial charge is 0.482 e. The van der Waals surface area contributed by atoms with Crippen molar-refractivity contribution in [3.05, 3.63) is 58.4 Å². The van der Waals surface area contributed by atoms with Gasteiger partial charge in [-0.05, 0) is 45.1 Å². The van der Waals surface area contributed by atoms with E-state index < -0.39 is 11.2 Å². The van der Waals surface area contributed by atoms with Crippen molar-refractivity contribution in [2.45, 2.75) is 38.4 Å². The highest BCUT2D eigenvalue weighted by atomic mass is 17.1. The summed E-state index contributed by atoms with van der Waals surface area (Å²) in [5, 5.41) is 9.78. The molecule has 0 spiro atoms. The first kappa shape index (κ1) is 17.5. The van der Waals surface area contributed by atoms with Gasteiger partial charge in [0.05, 0.1) is 11.1 Å². The van der Waals surface area contributed by atoms with Crippen molar-refractivity contribution in [1.29, 1.82) is 0 Å². The molecule has 132 valence electrons. The van der Waals surface area contributed by atoms with Gasteiger partial charge in [-0.15, -0.1) is 0 Å². The third-order valence-corrected chi connectivity index (χ3v) is 4.51. The van der Waals surface area contributed by atoms with Gasteiger partial charge in [-0.25, -0.2) is 4.89 Å². The number of ether oxygens (including phenoxy) is 1. The molecule has 0 amide bonds. The lowest BCUT2D eigenvalue weighted by Crippen LogP contribution is -2.34. The van der Waals surface area contributed by atoms with Crippen molar-refractivity contribution in [2.75, 3.05) is 0 Å². The van der Waals surface area contributed by atoms with Crippen LogP contribution >= 0.6 is 0 Å². The Hall–Kier alpha value is -2.37. The van der Waals surface area contributed by atoms with E-state index in [9.17, 15) is 4.79 Å². The molecule has 5 heteroatoms. The molecule has 1 atom stereocenters. The average molecular weight is 341 g/mol. The van der Waals surface area contributed by atoms with E-state index in [2.05, 4.69) is 4.89 Å². The molecule has 0 saturated carbocycles.